The average molecular weight is 396 g/mol. The van der Waals surface area contributed by atoms with Crippen molar-refractivity contribution in [1.29, 1.82) is 0 Å². The molecule has 2 aromatic carbocycles. The molecule has 1 aliphatic rings. The third-order valence-corrected chi connectivity index (χ3v) is 4.80. The van der Waals surface area contributed by atoms with Crippen molar-refractivity contribution >= 4 is 11.9 Å². The second-order valence-corrected chi connectivity index (χ2v) is 6.97. The lowest BCUT2D eigenvalue weighted by atomic mass is 9.97. The smallest absolute Gasteiger partial charge is 0.328 e. The number of rotatable bonds is 6. The predicted molar refractivity (Wildman–Crippen MR) is 113 cm³/mol. The molecular weight excluding hydrogens is 368 g/mol. The Morgan fingerprint density at radius 3 is 1.83 bits per heavy atom. The molecule has 6 heteroatoms. The molecule has 1 heterocycles. The summed E-state index contributed by atoms with van der Waals surface area (Å²) >= 11 is 0. The third kappa shape index (κ3) is 8.29. The summed E-state index contributed by atoms with van der Waals surface area (Å²) in [5.41, 5.74) is 2.86. The van der Waals surface area contributed by atoms with Crippen molar-refractivity contribution in [2.24, 2.45) is 0 Å². The van der Waals surface area contributed by atoms with E-state index in [1.54, 1.807) is 0 Å². The molecular formula is C23H28N2O4. The highest BCUT2D eigenvalue weighted by atomic mass is 16.4. The van der Waals surface area contributed by atoms with Gasteiger partial charge in [0, 0.05) is 44.4 Å². The zero-order valence-electron chi connectivity index (χ0n) is 16.6. The second-order valence-electron chi connectivity index (χ2n) is 6.97. The van der Waals surface area contributed by atoms with Crippen LogP contribution in [0.2, 0.25) is 0 Å². The molecule has 1 unspecified atom stereocenters. The minimum Gasteiger partial charge on any atom is -0.478 e. The van der Waals surface area contributed by atoms with Crippen LogP contribution in [0.25, 0.3) is 0 Å². The van der Waals surface area contributed by atoms with Crippen LogP contribution >= 0.6 is 0 Å². The maximum atomic E-state index is 9.55. The Morgan fingerprint density at radius 2 is 1.34 bits per heavy atom. The molecule has 6 nitrogen and oxygen atoms in total. The van der Waals surface area contributed by atoms with E-state index in [0.29, 0.717) is 18.2 Å². The number of nitrogens with zero attached hydrogens (tertiary/aromatic N) is 2. The molecule has 3 rings (SSSR count). The molecule has 0 aromatic heterocycles. The van der Waals surface area contributed by atoms with E-state index >= 15 is 0 Å². The highest BCUT2D eigenvalue weighted by Crippen LogP contribution is 2.26. The molecule has 1 aliphatic heterocycles. The van der Waals surface area contributed by atoms with E-state index < -0.39 is 11.9 Å². The number of carboxylic acids is 2. The molecule has 0 aliphatic carbocycles. The molecule has 154 valence electrons. The Kier molecular flexibility index (Phi) is 9.08. The zero-order valence-corrected chi connectivity index (χ0v) is 16.6. The Labute approximate surface area is 171 Å². The molecule has 2 aromatic rings. The van der Waals surface area contributed by atoms with E-state index in [-0.39, 0.29) is 0 Å². The molecule has 0 spiro atoms. The maximum Gasteiger partial charge on any atom is 0.328 e. The van der Waals surface area contributed by atoms with Gasteiger partial charge in [-0.25, -0.2) is 9.59 Å². The van der Waals surface area contributed by atoms with Gasteiger partial charge in [-0.15, -0.1) is 0 Å². The summed E-state index contributed by atoms with van der Waals surface area (Å²) in [6.07, 6.45) is 2.21. The van der Waals surface area contributed by atoms with Crippen molar-refractivity contribution < 1.29 is 19.8 Å². The van der Waals surface area contributed by atoms with Crippen LogP contribution in [0.4, 0.5) is 0 Å². The SMILES string of the molecule is CN1CCN(C(Cc2ccccc2)c2ccccc2)CC1.O=C(O)/C=C/C(=O)O. The molecule has 1 fully saturated rings. The van der Waals surface area contributed by atoms with E-state index in [4.69, 9.17) is 10.2 Å². The van der Waals surface area contributed by atoms with Gasteiger partial charge in [0.1, 0.15) is 0 Å². The Hall–Kier alpha value is -2.96. The van der Waals surface area contributed by atoms with Gasteiger partial charge in [0.2, 0.25) is 0 Å². The van der Waals surface area contributed by atoms with E-state index in [1.165, 1.54) is 11.1 Å². The molecule has 29 heavy (non-hydrogen) atoms. The topological polar surface area (TPSA) is 81.1 Å². The van der Waals surface area contributed by atoms with Crippen LogP contribution in [-0.4, -0.2) is 65.2 Å². The number of likely N-dealkylation sites (N-methyl/N-ethyl adjacent to an activating group) is 1. The summed E-state index contributed by atoms with van der Waals surface area (Å²) in [6.45, 7) is 4.64. The first-order chi connectivity index (χ1) is 14.0. The minimum absolute atomic E-state index is 0.488. The number of aliphatic carboxylic acids is 2. The first-order valence-electron chi connectivity index (χ1n) is 9.61. The second kappa shape index (κ2) is 11.8. The molecule has 1 atom stereocenters. The first kappa shape index (κ1) is 22.3. The summed E-state index contributed by atoms with van der Waals surface area (Å²) < 4.78 is 0. The predicted octanol–water partition coefficient (Wildman–Crippen LogP) is 2.93. The molecule has 0 bridgehead atoms. The lowest BCUT2D eigenvalue weighted by molar-refractivity contribution is -0.134. The Balaban J connectivity index is 0.000000321. The van der Waals surface area contributed by atoms with Gasteiger partial charge < -0.3 is 15.1 Å². The molecule has 2 N–H and O–H groups in total. The van der Waals surface area contributed by atoms with Gasteiger partial charge in [-0.3, -0.25) is 4.90 Å². The normalized spacial score (nSPS) is 16.0. The number of hydrogen-bond donors (Lipinski definition) is 2. The number of hydrogen-bond acceptors (Lipinski definition) is 4. The van der Waals surface area contributed by atoms with Crippen molar-refractivity contribution in [2.45, 2.75) is 12.5 Å². The molecule has 0 amide bonds. The van der Waals surface area contributed by atoms with Crippen molar-refractivity contribution in [3.05, 3.63) is 83.9 Å². The van der Waals surface area contributed by atoms with Crippen molar-refractivity contribution in [3.63, 3.8) is 0 Å². The summed E-state index contributed by atoms with van der Waals surface area (Å²) in [5.74, 6) is -2.51. The Morgan fingerprint density at radius 1 is 0.862 bits per heavy atom. The van der Waals surface area contributed by atoms with Gasteiger partial charge in [-0.05, 0) is 24.6 Å². The molecule has 0 saturated carbocycles. The third-order valence-electron chi connectivity index (χ3n) is 4.80. The van der Waals surface area contributed by atoms with Crippen LogP contribution in [0.5, 0.6) is 0 Å². The van der Waals surface area contributed by atoms with E-state index in [1.807, 2.05) is 0 Å². The van der Waals surface area contributed by atoms with Crippen molar-refractivity contribution in [1.82, 2.24) is 9.80 Å². The fraction of sp³-hybridized carbons (Fsp3) is 0.304. The van der Waals surface area contributed by atoms with Crippen LogP contribution in [0.15, 0.2) is 72.8 Å². The van der Waals surface area contributed by atoms with E-state index in [0.717, 1.165) is 32.6 Å². The number of carbonyl (C=O) groups is 2. The number of carboxylic acid groups (broad SMARTS) is 2. The summed E-state index contributed by atoms with van der Waals surface area (Å²) in [4.78, 5) is 24.2. The maximum absolute atomic E-state index is 9.55. The summed E-state index contributed by atoms with van der Waals surface area (Å²) in [5, 5.41) is 15.6. The van der Waals surface area contributed by atoms with Crippen molar-refractivity contribution in [3.8, 4) is 0 Å². The quantitative estimate of drug-likeness (QED) is 0.731. The van der Waals surface area contributed by atoms with Gasteiger partial charge in [0.15, 0.2) is 0 Å². The van der Waals surface area contributed by atoms with E-state index in [2.05, 4.69) is 77.5 Å². The molecule has 1 saturated heterocycles. The Bertz CT molecular complexity index is 769. The summed E-state index contributed by atoms with van der Waals surface area (Å²) in [7, 11) is 2.21. The largest absolute Gasteiger partial charge is 0.478 e. The van der Waals surface area contributed by atoms with Crippen molar-refractivity contribution in [2.75, 3.05) is 33.2 Å². The van der Waals surface area contributed by atoms with Crippen LogP contribution in [0.1, 0.15) is 17.2 Å². The molecule has 0 radical (unpaired) electrons. The van der Waals surface area contributed by atoms with Gasteiger partial charge in [-0.2, -0.15) is 0 Å². The number of piperazine rings is 1. The standard InChI is InChI=1S/C19H24N2.C4H4O4/c1-20-12-14-21(15-13-20)19(18-10-6-3-7-11-18)16-17-8-4-2-5-9-17;5-3(6)1-2-4(7)8/h2-11,19H,12-16H2,1H3;1-2H,(H,5,6)(H,7,8)/b;2-1+. The monoisotopic (exact) mass is 396 g/mol. The van der Waals surface area contributed by atoms with Crippen LogP contribution < -0.4 is 0 Å². The highest BCUT2D eigenvalue weighted by molar-refractivity contribution is 5.89. The van der Waals surface area contributed by atoms with Crippen LogP contribution in [-0.2, 0) is 16.0 Å². The first-order valence-corrected chi connectivity index (χ1v) is 9.61. The van der Waals surface area contributed by atoms with Gasteiger partial charge in [0.05, 0.1) is 0 Å². The fourth-order valence-corrected chi connectivity index (χ4v) is 3.25. The fourth-order valence-electron chi connectivity index (χ4n) is 3.25. The minimum atomic E-state index is -1.26. The van der Waals surface area contributed by atoms with Crippen LogP contribution in [0.3, 0.4) is 0 Å². The average Bonchev–Trinajstić information content (AvgIpc) is 2.73. The van der Waals surface area contributed by atoms with Gasteiger partial charge in [0.25, 0.3) is 0 Å². The van der Waals surface area contributed by atoms with Crippen LogP contribution in [0, 0.1) is 0 Å². The number of benzene rings is 2. The lowest BCUT2D eigenvalue weighted by Gasteiger charge is -2.38. The summed E-state index contributed by atoms with van der Waals surface area (Å²) in [6, 6.07) is 22.3. The van der Waals surface area contributed by atoms with Gasteiger partial charge >= 0.3 is 11.9 Å². The highest BCUT2D eigenvalue weighted by Gasteiger charge is 2.23. The zero-order chi connectivity index (χ0) is 21.1. The lowest BCUT2D eigenvalue weighted by Crippen LogP contribution is -2.46. The van der Waals surface area contributed by atoms with E-state index in [9.17, 15) is 9.59 Å². The van der Waals surface area contributed by atoms with Gasteiger partial charge in [-0.1, -0.05) is 60.7 Å².